The Balaban J connectivity index is 4.29. The number of hydrogen-bond acceptors (Lipinski definition) is 9. The van der Waals surface area contributed by atoms with E-state index in [9.17, 15) is 24.2 Å². The van der Waals surface area contributed by atoms with E-state index in [4.69, 9.17) is 19.1 Å². The van der Waals surface area contributed by atoms with Gasteiger partial charge in [0.15, 0.2) is 6.10 Å². The molecule has 3 N–H and O–H groups in total. The van der Waals surface area contributed by atoms with Crippen molar-refractivity contribution < 1.29 is 47.8 Å². The zero-order valence-electron chi connectivity index (χ0n) is 38.6. The fourth-order valence-corrected chi connectivity index (χ4v) is 7.16. The fraction of sp³-hybridized carbons (Fsp3) is 0.760. The number of aliphatic hydroxyl groups excluding tert-OH is 2. The zero-order valence-corrected chi connectivity index (χ0v) is 39.5. The Labute approximate surface area is 372 Å². The van der Waals surface area contributed by atoms with Crippen molar-refractivity contribution in [3.05, 3.63) is 60.8 Å². The minimum Gasteiger partial charge on any atom is -0.462 e. The molecule has 0 aliphatic rings. The molecule has 354 valence electrons. The molecule has 3 atom stereocenters. The van der Waals surface area contributed by atoms with E-state index in [1.54, 1.807) is 0 Å². The molecule has 0 radical (unpaired) electrons. The van der Waals surface area contributed by atoms with Gasteiger partial charge >= 0.3 is 19.8 Å². The first-order valence-corrected chi connectivity index (χ1v) is 25.7. The van der Waals surface area contributed by atoms with Crippen LogP contribution in [-0.2, 0) is 32.7 Å². The monoisotopic (exact) mass is 881 g/mol. The number of unbranched alkanes of at least 4 members (excludes halogenated alkanes) is 21. The Hall–Kier alpha value is -2.33. The van der Waals surface area contributed by atoms with E-state index in [0.29, 0.717) is 12.8 Å². The van der Waals surface area contributed by atoms with Gasteiger partial charge in [0.2, 0.25) is 0 Å². The molecule has 11 heteroatoms. The minimum atomic E-state index is -4.64. The Morgan fingerprint density at radius 1 is 0.492 bits per heavy atom. The standard InChI is InChI=1S/C50H89O10P/c1-3-5-7-9-11-13-15-17-19-20-21-22-23-24-25-26-28-29-31-33-35-37-39-41-49(53)57-45-48(46-59-61(55,56)58-44-47(52)43-51)60-50(54)42-40-38-36-34-32-30-27-18-16-14-12-10-8-6-4-2/h12,14,18,26-28,32-35,47-48,51-52H,3-11,13,15-17,19-25,29-31,36-46H2,1-2H3,(H,55,56)/b14-12+,27-18+,28-26+,34-32+,35-33+/t47-,48+/m1/s1. The van der Waals surface area contributed by atoms with Crippen LogP contribution in [0.15, 0.2) is 60.8 Å². The van der Waals surface area contributed by atoms with Crippen LogP contribution in [0.25, 0.3) is 0 Å². The number of hydrogen-bond donors (Lipinski definition) is 3. The first-order valence-electron chi connectivity index (χ1n) is 24.2. The predicted molar refractivity (Wildman–Crippen MR) is 251 cm³/mol. The lowest BCUT2D eigenvalue weighted by atomic mass is 10.0. The van der Waals surface area contributed by atoms with E-state index in [1.165, 1.54) is 109 Å². The third-order valence-corrected chi connectivity index (χ3v) is 11.1. The summed E-state index contributed by atoms with van der Waals surface area (Å²) in [6.45, 7) is 2.28. The molecular weight excluding hydrogens is 792 g/mol. The van der Waals surface area contributed by atoms with Gasteiger partial charge in [-0.2, -0.15) is 0 Å². The number of esters is 2. The number of carbonyl (C=O) groups excluding carboxylic acids is 2. The highest BCUT2D eigenvalue weighted by Gasteiger charge is 2.27. The molecule has 0 bridgehead atoms. The lowest BCUT2D eigenvalue weighted by Gasteiger charge is -2.20. The van der Waals surface area contributed by atoms with Crippen molar-refractivity contribution in [3.63, 3.8) is 0 Å². The minimum absolute atomic E-state index is 0.125. The van der Waals surface area contributed by atoms with Crippen molar-refractivity contribution in [1.82, 2.24) is 0 Å². The van der Waals surface area contributed by atoms with E-state index in [2.05, 4.69) is 79.1 Å². The van der Waals surface area contributed by atoms with Crippen LogP contribution in [0.1, 0.15) is 206 Å². The third-order valence-electron chi connectivity index (χ3n) is 10.1. The summed E-state index contributed by atoms with van der Waals surface area (Å²) in [5, 5.41) is 18.4. The van der Waals surface area contributed by atoms with Gasteiger partial charge in [-0.15, -0.1) is 0 Å². The molecule has 0 aliphatic carbocycles. The Morgan fingerprint density at radius 3 is 1.43 bits per heavy atom. The highest BCUT2D eigenvalue weighted by Crippen LogP contribution is 2.43. The van der Waals surface area contributed by atoms with E-state index >= 15 is 0 Å². The maximum atomic E-state index is 12.6. The molecule has 0 aromatic rings. The van der Waals surface area contributed by atoms with E-state index in [0.717, 1.165) is 57.8 Å². The second-order valence-electron chi connectivity index (χ2n) is 16.1. The van der Waals surface area contributed by atoms with Gasteiger partial charge in [-0.05, 0) is 83.5 Å². The van der Waals surface area contributed by atoms with Gasteiger partial charge in [0.1, 0.15) is 12.7 Å². The number of phosphoric ester groups is 1. The maximum Gasteiger partial charge on any atom is 0.472 e. The molecule has 0 aromatic carbocycles. The van der Waals surface area contributed by atoms with E-state index in [1.807, 2.05) is 0 Å². The second kappa shape index (κ2) is 45.7. The topological polar surface area (TPSA) is 149 Å². The summed E-state index contributed by atoms with van der Waals surface area (Å²) in [7, 11) is -4.64. The fourth-order valence-electron chi connectivity index (χ4n) is 6.37. The smallest absolute Gasteiger partial charge is 0.462 e. The molecule has 0 aliphatic heterocycles. The lowest BCUT2D eigenvalue weighted by molar-refractivity contribution is -0.161. The zero-order chi connectivity index (χ0) is 44.8. The Morgan fingerprint density at radius 2 is 0.885 bits per heavy atom. The molecule has 0 rings (SSSR count). The number of rotatable bonds is 45. The molecule has 0 saturated carbocycles. The summed E-state index contributed by atoms with van der Waals surface area (Å²) in [5.41, 5.74) is 0. The Bertz CT molecular complexity index is 1200. The van der Waals surface area contributed by atoms with Crippen LogP contribution in [0.2, 0.25) is 0 Å². The molecule has 1 unspecified atom stereocenters. The number of ether oxygens (including phenoxy) is 2. The molecular formula is C50H89O10P. The normalized spacial score (nSPS) is 14.2. The third kappa shape index (κ3) is 45.5. The lowest BCUT2D eigenvalue weighted by Crippen LogP contribution is -2.29. The van der Waals surface area contributed by atoms with Gasteiger partial charge in [0.25, 0.3) is 0 Å². The molecule has 61 heavy (non-hydrogen) atoms. The molecule has 10 nitrogen and oxygen atoms in total. The number of aliphatic hydroxyl groups is 2. The van der Waals surface area contributed by atoms with Crippen molar-refractivity contribution in [2.24, 2.45) is 0 Å². The van der Waals surface area contributed by atoms with Crippen LogP contribution in [0.4, 0.5) is 0 Å². The van der Waals surface area contributed by atoms with Crippen LogP contribution < -0.4 is 0 Å². The first-order chi connectivity index (χ1) is 29.7. The van der Waals surface area contributed by atoms with Gasteiger partial charge in [-0.25, -0.2) is 4.57 Å². The van der Waals surface area contributed by atoms with Crippen molar-refractivity contribution in [2.75, 3.05) is 26.4 Å². The summed E-state index contributed by atoms with van der Waals surface area (Å²) >= 11 is 0. The van der Waals surface area contributed by atoms with Crippen molar-refractivity contribution in [1.29, 1.82) is 0 Å². The maximum absolute atomic E-state index is 12.6. The van der Waals surface area contributed by atoms with Gasteiger partial charge in [0.05, 0.1) is 19.8 Å². The van der Waals surface area contributed by atoms with Gasteiger partial charge in [-0.3, -0.25) is 18.6 Å². The predicted octanol–water partition coefficient (Wildman–Crippen LogP) is 13.5. The van der Waals surface area contributed by atoms with E-state index < -0.39 is 51.8 Å². The SMILES string of the molecule is CCCCC/C=C/C/C=C/C/C=C/CCCCC(=O)O[C@@H](COC(=O)CCC/C=C/CC/C=C/CCCCCCCCCCCCCCCC)COP(=O)(O)OC[C@H](O)CO. The van der Waals surface area contributed by atoms with Crippen LogP contribution >= 0.6 is 7.82 Å². The average Bonchev–Trinajstić information content (AvgIpc) is 3.25. The van der Waals surface area contributed by atoms with Crippen LogP contribution in [0.3, 0.4) is 0 Å². The Kier molecular flexibility index (Phi) is 43.9. The molecule has 0 heterocycles. The number of allylic oxidation sites excluding steroid dienone is 10. The van der Waals surface area contributed by atoms with Crippen molar-refractivity contribution in [2.45, 2.75) is 219 Å². The van der Waals surface area contributed by atoms with Crippen LogP contribution in [0.5, 0.6) is 0 Å². The quantitative estimate of drug-likeness (QED) is 0.0233. The van der Waals surface area contributed by atoms with Crippen molar-refractivity contribution >= 4 is 19.8 Å². The number of phosphoric acid groups is 1. The average molecular weight is 881 g/mol. The summed E-state index contributed by atoms with van der Waals surface area (Å²) < 4.78 is 32.7. The largest absolute Gasteiger partial charge is 0.472 e. The van der Waals surface area contributed by atoms with Gasteiger partial charge < -0.3 is 24.6 Å². The van der Waals surface area contributed by atoms with Crippen molar-refractivity contribution in [3.8, 4) is 0 Å². The molecule has 0 spiro atoms. The molecule has 0 amide bonds. The van der Waals surface area contributed by atoms with E-state index in [-0.39, 0.29) is 19.4 Å². The first kappa shape index (κ1) is 58.7. The van der Waals surface area contributed by atoms with Gasteiger partial charge in [-0.1, -0.05) is 171 Å². The summed E-state index contributed by atoms with van der Waals surface area (Å²) in [6, 6.07) is 0. The summed E-state index contributed by atoms with van der Waals surface area (Å²) in [4.78, 5) is 35.0. The highest BCUT2D eigenvalue weighted by atomic mass is 31.2. The summed E-state index contributed by atoms with van der Waals surface area (Å²) in [6.07, 6.45) is 52.1. The van der Waals surface area contributed by atoms with Gasteiger partial charge in [0, 0.05) is 12.8 Å². The summed E-state index contributed by atoms with van der Waals surface area (Å²) in [5.74, 6) is -1.02. The van der Waals surface area contributed by atoms with Crippen LogP contribution in [-0.4, -0.2) is 65.7 Å². The molecule has 0 fully saturated rings. The number of carbonyl (C=O) groups is 2. The second-order valence-corrected chi connectivity index (χ2v) is 17.6. The highest BCUT2D eigenvalue weighted by molar-refractivity contribution is 7.47. The van der Waals surface area contributed by atoms with Crippen LogP contribution in [0, 0.1) is 0 Å². The molecule has 0 aromatic heterocycles. The molecule has 0 saturated heterocycles.